The Morgan fingerprint density at radius 2 is 2.26 bits per heavy atom. The van der Waals surface area contributed by atoms with E-state index >= 15 is 0 Å². The minimum absolute atomic E-state index is 0.239. The van der Waals surface area contributed by atoms with Crippen molar-refractivity contribution < 1.29 is 14.6 Å². The van der Waals surface area contributed by atoms with E-state index in [0.717, 1.165) is 44.7 Å². The molecule has 1 aliphatic rings. The van der Waals surface area contributed by atoms with Gasteiger partial charge in [0, 0.05) is 6.42 Å². The second kappa shape index (κ2) is 7.14. The highest BCUT2D eigenvalue weighted by Gasteiger charge is 2.10. The number of hydrogen-bond donors (Lipinski definition) is 2. The summed E-state index contributed by atoms with van der Waals surface area (Å²) in [5.74, 6) is 0.306. The molecule has 2 N–H and O–H groups in total. The van der Waals surface area contributed by atoms with Crippen LogP contribution in [-0.4, -0.2) is 30.8 Å². The lowest BCUT2D eigenvalue weighted by molar-refractivity contribution is -0.137. The van der Waals surface area contributed by atoms with Crippen LogP contribution in [0.15, 0.2) is 18.2 Å². The molecule has 0 atom stereocenters. The molecule has 0 fully saturated rings. The van der Waals surface area contributed by atoms with Gasteiger partial charge in [-0.25, -0.2) is 0 Å². The Bertz CT molecular complexity index is 431. The van der Waals surface area contributed by atoms with E-state index in [2.05, 4.69) is 23.5 Å². The van der Waals surface area contributed by atoms with E-state index in [-0.39, 0.29) is 6.42 Å². The maximum absolute atomic E-state index is 10.4. The highest BCUT2D eigenvalue weighted by molar-refractivity contribution is 5.66. The van der Waals surface area contributed by atoms with Crippen LogP contribution < -0.4 is 10.1 Å². The number of benzene rings is 1. The van der Waals surface area contributed by atoms with Crippen molar-refractivity contribution >= 4 is 5.97 Å². The van der Waals surface area contributed by atoms with Gasteiger partial charge in [0.05, 0.1) is 6.61 Å². The molecule has 0 radical (unpaired) electrons. The predicted octanol–water partition coefficient (Wildman–Crippen LogP) is 2.01. The van der Waals surface area contributed by atoms with Crippen molar-refractivity contribution in [1.82, 2.24) is 5.32 Å². The predicted molar refractivity (Wildman–Crippen MR) is 73.7 cm³/mol. The van der Waals surface area contributed by atoms with Crippen LogP contribution in [0.4, 0.5) is 0 Å². The average molecular weight is 263 g/mol. The number of hydrogen-bond acceptors (Lipinski definition) is 3. The molecule has 19 heavy (non-hydrogen) atoms. The number of carboxylic acids is 1. The van der Waals surface area contributed by atoms with Crippen molar-refractivity contribution in [3.8, 4) is 5.75 Å². The smallest absolute Gasteiger partial charge is 0.303 e. The lowest BCUT2D eigenvalue weighted by Gasteiger charge is -2.17. The third-order valence-corrected chi connectivity index (χ3v) is 3.31. The Morgan fingerprint density at radius 1 is 1.37 bits per heavy atom. The van der Waals surface area contributed by atoms with Crippen LogP contribution in [0.2, 0.25) is 0 Å². The van der Waals surface area contributed by atoms with Gasteiger partial charge in [-0.05, 0) is 56.0 Å². The SMILES string of the molecule is O=C(O)CCCNCCc1ccc2c(c1)CCCO2. The number of fused-ring (bicyclic) bond motifs is 1. The maximum Gasteiger partial charge on any atom is 0.303 e. The molecule has 0 saturated carbocycles. The van der Waals surface area contributed by atoms with E-state index in [4.69, 9.17) is 9.84 Å². The van der Waals surface area contributed by atoms with Crippen LogP contribution in [0, 0.1) is 0 Å². The molecular weight excluding hydrogens is 242 g/mol. The Morgan fingerprint density at radius 3 is 3.11 bits per heavy atom. The first kappa shape index (κ1) is 13.9. The first-order chi connectivity index (χ1) is 9.25. The maximum atomic E-state index is 10.4. The van der Waals surface area contributed by atoms with E-state index in [1.165, 1.54) is 11.1 Å². The van der Waals surface area contributed by atoms with E-state index < -0.39 is 5.97 Å². The Hall–Kier alpha value is -1.55. The van der Waals surface area contributed by atoms with Gasteiger partial charge in [-0.2, -0.15) is 0 Å². The molecule has 0 spiro atoms. The molecule has 0 aliphatic carbocycles. The second-order valence-electron chi connectivity index (χ2n) is 4.89. The zero-order valence-electron chi connectivity index (χ0n) is 11.2. The summed E-state index contributed by atoms with van der Waals surface area (Å²) in [6.07, 6.45) is 4.11. The number of carbonyl (C=O) groups is 1. The van der Waals surface area contributed by atoms with Crippen molar-refractivity contribution in [3.63, 3.8) is 0 Å². The first-order valence-corrected chi connectivity index (χ1v) is 6.93. The largest absolute Gasteiger partial charge is 0.493 e. The molecule has 0 bridgehead atoms. The number of ether oxygens (including phenoxy) is 1. The summed E-state index contributed by atoms with van der Waals surface area (Å²) in [6, 6.07) is 6.41. The quantitative estimate of drug-likeness (QED) is 0.739. The molecule has 1 aromatic carbocycles. The minimum atomic E-state index is -0.725. The highest BCUT2D eigenvalue weighted by atomic mass is 16.5. The first-order valence-electron chi connectivity index (χ1n) is 6.93. The Balaban J connectivity index is 1.70. The summed E-state index contributed by atoms with van der Waals surface area (Å²) in [4.78, 5) is 10.4. The summed E-state index contributed by atoms with van der Waals surface area (Å²) >= 11 is 0. The van der Waals surface area contributed by atoms with Gasteiger partial charge in [0.15, 0.2) is 0 Å². The van der Waals surface area contributed by atoms with Crippen molar-refractivity contribution in [2.75, 3.05) is 19.7 Å². The summed E-state index contributed by atoms with van der Waals surface area (Å²) in [5, 5.41) is 11.8. The van der Waals surface area contributed by atoms with E-state index in [0.29, 0.717) is 6.42 Å². The van der Waals surface area contributed by atoms with E-state index in [1.54, 1.807) is 0 Å². The second-order valence-corrected chi connectivity index (χ2v) is 4.89. The Labute approximate surface area is 113 Å². The molecule has 0 aromatic heterocycles. The van der Waals surface area contributed by atoms with Crippen LogP contribution in [0.5, 0.6) is 5.75 Å². The van der Waals surface area contributed by atoms with Gasteiger partial charge >= 0.3 is 5.97 Å². The van der Waals surface area contributed by atoms with Crippen LogP contribution in [0.1, 0.15) is 30.4 Å². The van der Waals surface area contributed by atoms with Crippen molar-refractivity contribution in [2.45, 2.75) is 32.1 Å². The number of aliphatic carboxylic acids is 1. The monoisotopic (exact) mass is 263 g/mol. The molecule has 0 saturated heterocycles. The van der Waals surface area contributed by atoms with Crippen LogP contribution in [0.25, 0.3) is 0 Å². The molecule has 0 amide bonds. The Kier molecular flexibility index (Phi) is 5.21. The molecule has 2 rings (SSSR count). The summed E-state index contributed by atoms with van der Waals surface area (Å²) in [7, 11) is 0. The minimum Gasteiger partial charge on any atom is -0.493 e. The fourth-order valence-electron chi connectivity index (χ4n) is 2.29. The van der Waals surface area contributed by atoms with Gasteiger partial charge in [0.25, 0.3) is 0 Å². The lowest BCUT2D eigenvalue weighted by Crippen LogP contribution is -2.19. The van der Waals surface area contributed by atoms with Crippen molar-refractivity contribution in [2.24, 2.45) is 0 Å². The van der Waals surface area contributed by atoms with Gasteiger partial charge in [-0.1, -0.05) is 12.1 Å². The molecule has 1 aromatic rings. The molecule has 4 heteroatoms. The third-order valence-electron chi connectivity index (χ3n) is 3.31. The summed E-state index contributed by atoms with van der Waals surface area (Å²) in [6.45, 7) is 2.48. The van der Waals surface area contributed by atoms with Gasteiger partial charge in [0.2, 0.25) is 0 Å². The van der Waals surface area contributed by atoms with Gasteiger partial charge in [0.1, 0.15) is 5.75 Å². The fourth-order valence-corrected chi connectivity index (χ4v) is 2.29. The molecule has 104 valence electrons. The molecule has 4 nitrogen and oxygen atoms in total. The number of rotatable bonds is 7. The highest BCUT2D eigenvalue weighted by Crippen LogP contribution is 2.25. The molecule has 1 heterocycles. The van der Waals surface area contributed by atoms with Gasteiger partial charge < -0.3 is 15.2 Å². The van der Waals surface area contributed by atoms with E-state index in [9.17, 15) is 4.79 Å². The third kappa shape index (κ3) is 4.56. The normalized spacial score (nSPS) is 13.7. The van der Waals surface area contributed by atoms with Crippen molar-refractivity contribution in [3.05, 3.63) is 29.3 Å². The number of nitrogens with one attached hydrogen (secondary N) is 1. The van der Waals surface area contributed by atoms with Crippen LogP contribution in [-0.2, 0) is 17.6 Å². The van der Waals surface area contributed by atoms with Gasteiger partial charge in [-0.15, -0.1) is 0 Å². The summed E-state index contributed by atoms with van der Waals surface area (Å²) in [5.41, 5.74) is 2.63. The topological polar surface area (TPSA) is 58.6 Å². The van der Waals surface area contributed by atoms with Gasteiger partial charge in [-0.3, -0.25) is 4.79 Å². The summed E-state index contributed by atoms with van der Waals surface area (Å²) < 4.78 is 5.59. The zero-order chi connectivity index (χ0) is 13.5. The number of aryl methyl sites for hydroxylation is 1. The van der Waals surface area contributed by atoms with Crippen molar-refractivity contribution in [1.29, 1.82) is 0 Å². The molecule has 0 unspecified atom stereocenters. The van der Waals surface area contributed by atoms with Crippen LogP contribution >= 0.6 is 0 Å². The molecule has 1 aliphatic heterocycles. The number of carboxylic acid groups (broad SMARTS) is 1. The lowest BCUT2D eigenvalue weighted by atomic mass is 10.0. The van der Waals surface area contributed by atoms with Crippen LogP contribution in [0.3, 0.4) is 0 Å². The fraction of sp³-hybridized carbons (Fsp3) is 0.533. The standard InChI is InChI=1S/C15H21NO3/c17-15(18)4-1-8-16-9-7-12-5-6-14-13(11-12)3-2-10-19-14/h5-6,11,16H,1-4,7-10H2,(H,17,18). The average Bonchev–Trinajstić information content (AvgIpc) is 2.42. The zero-order valence-corrected chi connectivity index (χ0v) is 11.2. The molecular formula is C15H21NO3. The van der Waals surface area contributed by atoms with E-state index in [1.807, 2.05) is 0 Å².